The van der Waals surface area contributed by atoms with Crippen LogP contribution in [-0.4, -0.2) is 8.71 Å². The van der Waals surface area contributed by atoms with E-state index in [0.717, 1.165) is 5.33 Å². The predicted molar refractivity (Wildman–Crippen MR) is 37.5 cm³/mol. The van der Waals surface area contributed by atoms with Gasteiger partial charge in [0.1, 0.15) is 0 Å². The molecule has 1 unspecified atom stereocenters. The van der Waals surface area contributed by atoms with E-state index in [2.05, 4.69) is 38.5 Å². The summed E-state index contributed by atoms with van der Waals surface area (Å²) in [6, 6.07) is 0. The van der Waals surface area contributed by atoms with Gasteiger partial charge in [-0.15, -0.1) is 11.6 Å². The third-order valence-corrected chi connectivity index (χ3v) is 2.94. The van der Waals surface area contributed by atoms with Gasteiger partial charge in [-0.1, -0.05) is 38.5 Å². The number of hydrogen-bond acceptors (Lipinski definition) is 0. The monoisotopic (exact) mass is 268 g/mol. The van der Waals surface area contributed by atoms with Crippen molar-refractivity contribution < 1.29 is 0 Å². The maximum absolute atomic E-state index is 5.40. The molecule has 0 aliphatic carbocycles. The number of halogens is 3. The first-order valence-electron chi connectivity index (χ1n) is 1.11. The second-order valence-electron chi connectivity index (χ2n) is 0.545. The maximum atomic E-state index is 5.40. The van der Waals surface area contributed by atoms with Crippen LogP contribution in [0.3, 0.4) is 0 Å². The molecule has 0 aliphatic rings. The second kappa shape index (κ2) is 3.68. The molecule has 0 saturated carbocycles. The molecule has 0 radical (unpaired) electrons. The van der Waals surface area contributed by atoms with Gasteiger partial charge in [0.05, 0.1) is 3.38 Å². The lowest BCUT2D eigenvalue weighted by Crippen LogP contribution is -1.80. The molecule has 0 aliphatic heterocycles. The Labute approximate surface area is 58.5 Å². The SMILES string of the molecule is ClC(I)CBr. The van der Waals surface area contributed by atoms with Gasteiger partial charge in [0.25, 0.3) is 0 Å². The summed E-state index contributed by atoms with van der Waals surface area (Å²) < 4.78 is 0.243. The molecular weight excluding hydrogens is 266 g/mol. The molecule has 5 heavy (non-hydrogen) atoms. The third-order valence-electron chi connectivity index (χ3n) is 0.117. The fourth-order valence-corrected chi connectivity index (χ4v) is 0. The van der Waals surface area contributed by atoms with Crippen molar-refractivity contribution in [2.75, 3.05) is 5.33 Å². The van der Waals surface area contributed by atoms with Gasteiger partial charge in [0.2, 0.25) is 0 Å². The van der Waals surface area contributed by atoms with Crippen molar-refractivity contribution in [3.8, 4) is 0 Å². The zero-order valence-electron chi connectivity index (χ0n) is 2.42. The van der Waals surface area contributed by atoms with E-state index in [-0.39, 0.29) is 3.38 Å². The van der Waals surface area contributed by atoms with Crippen LogP contribution >= 0.6 is 50.1 Å². The Balaban J connectivity index is 2.54. The molecule has 1 atom stereocenters. The fraction of sp³-hybridized carbons (Fsp3) is 1.00. The highest BCUT2D eigenvalue weighted by atomic mass is 127. The van der Waals surface area contributed by atoms with E-state index in [1.54, 1.807) is 0 Å². The van der Waals surface area contributed by atoms with Crippen molar-refractivity contribution in [3.05, 3.63) is 0 Å². The standard InChI is InChI=1S/C2H3BrClI/c3-1-2(4)5/h2H,1H2. The molecule has 0 aromatic carbocycles. The Hall–Kier alpha value is 1.50. The van der Waals surface area contributed by atoms with Gasteiger partial charge in [0, 0.05) is 5.33 Å². The lowest BCUT2D eigenvalue weighted by atomic mass is 11.0. The molecule has 0 rings (SSSR count). The second-order valence-corrected chi connectivity index (χ2v) is 3.96. The van der Waals surface area contributed by atoms with Crippen LogP contribution in [0.15, 0.2) is 0 Å². The molecule has 0 spiro atoms. The van der Waals surface area contributed by atoms with Crippen LogP contribution in [0.2, 0.25) is 0 Å². The first kappa shape index (κ1) is 6.50. The molecule has 0 nitrogen and oxygen atoms in total. The molecule has 0 amide bonds. The molecule has 0 heterocycles. The molecule has 0 aromatic heterocycles. The summed E-state index contributed by atoms with van der Waals surface area (Å²) in [6.07, 6.45) is 0. The Morgan fingerprint density at radius 2 is 2.20 bits per heavy atom. The van der Waals surface area contributed by atoms with Gasteiger partial charge >= 0.3 is 0 Å². The average Bonchev–Trinajstić information content (AvgIpc) is 1.38. The Morgan fingerprint density at radius 1 is 2.00 bits per heavy atom. The van der Waals surface area contributed by atoms with E-state index in [1.807, 2.05) is 0 Å². The van der Waals surface area contributed by atoms with Gasteiger partial charge < -0.3 is 0 Å². The van der Waals surface area contributed by atoms with E-state index in [9.17, 15) is 0 Å². The largest absolute Gasteiger partial charge is 0.111 e. The van der Waals surface area contributed by atoms with Crippen LogP contribution in [0, 0.1) is 0 Å². The van der Waals surface area contributed by atoms with E-state index < -0.39 is 0 Å². The minimum absolute atomic E-state index is 0.243. The molecule has 0 N–H and O–H groups in total. The van der Waals surface area contributed by atoms with Crippen LogP contribution in [0.1, 0.15) is 0 Å². The summed E-state index contributed by atoms with van der Waals surface area (Å²) in [5.41, 5.74) is 0. The highest BCUT2D eigenvalue weighted by molar-refractivity contribution is 14.1. The van der Waals surface area contributed by atoms with Gasteiger partial charge in [-0.05, 0) is 0 Å². The van der Waals surface area contributed by atoms with Crippen molar-refractivity contribution >= 4 is 50.1 Å². The van der Waals surface area contributed by atoms with Gasteiger partial charge in [-0.25, -0.2) is 0 Å². The lowest BCUT2D eigenvalue weighted by Gasteiger charge is -1.83. The molecular formula is C2H3BrClI. The molecule has 0 bridgehead atoms. The van der Waals surface area contributed by atoms with E-state index in [1.165, 1.54) is 0 Å². The van der Waals surface area contributed by atoms with Gasteiger partial charge in [-0.2, -0.15) is 0 Å². The van der Waals surface area contributed by atoms with Crippen LogP contribution in [0.4, 0.5) is 0 Å². The lowest BCUT2D eigenvalue weighted by molar-refractivity contribution is 1.51. The van der Waals surface area contributed by atoms with Crippen molar-refractivity contribution in [1.29, 1.82) is 0 Å². The van der Waals surface area contributed by atoms with Crippen molar-refractivity contribution in [1.82, 2.24) is 0 Å². The normalized spacial score (nSPS) is 15.0. The Bertz CT molecular complexity index is 23.6. The van der Waals surface area contributed by atoms with E-state index >= 15 is 0 Å². The van der Waals surface area contributed by atoms with Crippen LogP contribution in [0.25, 0.3) is 0 Å². The minimum Gasteiger partial charge on any atom is -0.111 e. The highest BCUT2D eigenvalue weighted by Gasteiger charge is 1.87. The summed E-state index contributed by atoms with van der Waals surface area (Å²) in [7, 11) is 0. The quantitative estimate of drug-likeness (QED) is 0.506. The van der Waals surface area contributed by atoms with Crippen molar-refractivity contribution in [2.45, 2.75) is 3.38 Å². The zero-order valence-corrected chi connectivity index (χ0v) is 6.92. The van der Waals surface area contributed by atoms with E-state index in [0.29, 0.717) is 0 Å². The summed E-state index contributed by atoms with van der Waals surface area (Å²) in [6.45, 7) is 0. The van der Waals surface area contributed by atoms with E-state index in [4.69, 9.17) is 11.6 Å². The van der Waals surface area contributed by atoms with Crippen LogP contribution in [-0.2, 0) is 0 Å². The van der Waals surface area contributed by atoms with Crippen molar-refractivity contribution in [2.24, 2.45) is 0 Å². The third kappa shape index (κ3) is 5.50. The predicted octanol–water partition coefficient (Wildman–Crippen LogP) is 2.38. The van der Waals surface area contributed by atoms with Gasteiger partial charge in [-0.3, -0.25) is 0 Å². The fourth-order valence-electron chi connectivity index (χ4n) is 0. The molecule has 0 fully saturated rings. The molecule has 32 valence electrons. The zero-order chi connectivity index (χ0) is 4.28. The number of rotatable bonds is 1. The first-order chi connectivity index (χ1) is 2.27. The maximum Gasteiger partial charge on any atom is 0.0946 e. The molecule has 0 aromatic rings. The Morgan fingerprint density at radius 3 is 2.20 bits per heavy atom. The number of alkyl halides is 3. The Kier molecular flexibility index (Phi) is 4.79. The van der Waals surface area contributed by atoms with Crippen LogP contribution < -0.4 is 0 Å². The van der Waals surface area contributed by atoms with Gasteiger partial charge in [0.15, 0.2) is 0 Å². The first-order valence-corrected chi connectivity index (χ1v) is 3.92. The molecule has 0 saturated heterocycles. The minimum atomic E-state index is 0.243. The summed E-state index contributed by atoms with van der Waals surface area (Å²) in [4.78, 5) is 0. The smallest absolute Gasteiger partial charge is 0.0946 e. The number of hydrogen-bond donors (Lipinski definition) is 0. The molecule has 3 heteroatoms. The average molecular weight is 269 g/mol. The topological polar surface area (TPSA) is 0 Å². The van der Waals surface area contributed by atoms with Crippen molar-refractivity contribution in [3.63, 3.8) is 0 Å². The highest BCUT2D eigenvalue weighted by Crippen LogP contribution is 2.07. The summed E-state index contributed by atoms with van der Waals surface area (Å²) in [5.74, 6) is 0. The summed E-state index contributed by atoms with van der Waals surface area (Å²) >= 11 is 10.7. The summed E-state index contributed by atoms with van der Waals surface area (Å²) in [5, 5.41) is 0.870. The van der Waals surface area contributed by atoms with Crippen LogP contribution in [0.5, 0.6) is 0 Å².